The van der Waals surface area contributed by atoms with E-state index in [1.807, 2.05) is 24.3 Å². The largest absolute Gasteiger partial charge is 0.381 e. The van der Waals surface area contributed by atoms with Crippen molar-refractivity contribution in [3.8, 4) is 6.07 Å². The molecule has 0 radical (unpaired) electrons. The van der Waals surface area contributed by atoms with Gasteiger partial charge in [0.15, 0.2) is 0 Å². The lowest BCUT2D eigenvalue weighted by molar-refractivity contribution is 0.0963. The quantitative estimate of drug-likeness (QED) is 0.892. The summed E-state index contributed by atoms with van der Waals surface area (Å²) < 4.78 is 0. The minimum absolute atomic E-state index is 0.0938. The molecule has 0 saturated heterocycles. The molecule has 2 aromatic rings. The van der Waals surface area contributed by atoms with E-state index >= 15 is 0 Å². The van der Waals surface area contributed by atoms with Crippen molar-refractivity contribution in [2.75, 3.05) is 12.4 Å². The number of carbonyl (C=O) groups is 1. The molecule has 0 aromatic heterocycles. The van der Waals surface area contributed by atoms with E-state index in [9.17, 15) is 4.79 Å². The summed E-state index contributed by atoms with van der Waals surface area (Å²) in [7, 11) is 1.61. The molecule has 20 heavy (non-hydrogen) atoms. The molecule has 0 fully saturated rings. The minimum Gasteiger partial charge on any atom is -0.381 e. The van der Waals surface area contributed by atoms with Crippen LogP contribution in [0.4, 0.5) is 5.69 Å². The van der Waals surface area contributed by atoms with Gasteiger partial charge in [0.25, 0.3) is 5.91 Å². The Morgan fingerprint density at radius 3 is 2.30 bits per heavy atom. The Labute approximate surface area is 118 Å². The fraction of sp³-hybridized carbons (Fsp3) is 0.125. The van der Waals surface area contributed by atoms with Crippen LogP contribution in [-0.4, -0.2) is 13.0 Å². The van der Waals surface area contributed by atoms with Crippen molar-refractivity contribution in [2.24, 2.45) is 0 Å². The number of nitrogens with zero attached hydrogens (tertiary/aromatic N) is 1. The Kier molecular flexibility index (Phi) is 4.35. The molecule has 4 nitrogen and oxygen atoms in total. The van der Waals surface area contributed by atoms with E-state index in [4.69, 9.17) is 5.26 Å². The molecule has 1 amide bonds. The fourth-order valence-electron chi connectivity index (χ4n) is 1.79. The summed E-state index contributed by atoms with van der Waals surface area (Å²) in [6.45, 7) is 0.672. The molecule has 0 aliphatic heterocycles. The predicted molar refractivity (Wildman–Crippen MR) is 78.3 cm³/mol. The van der Waals surface area contributed by atoms with Gasteiger partial charge in [0, 0.05) is 24.8 Å². The molecule has 2 aromatic carbocycles. The highest BCUT2D eigenvalue weighted by atomic mass is 16.1. The van der Waals surface area contributed by atoms with Gasteiger partial charge in [-0.3, -0.25) is 4.79 Å². The van der Waals surface area contributed by atoms with Crippen molar-refractivity contribution in [2.45, 2.75) is 6.54 Å². The van der Waals surface area contributed by atoms with Crippen molar-refractivity contribution in [3.05, 3.63) is 65.2 Å². The number of nitrogens with one attached hydrogen (secondary N) is 2. The highest BCUT2D eigenvalue weighted by Gasteiger charge is 2.02. The van der Waals surface area contributed by atoms with Crippen molar-refractivity contribution < 1.29 is 4.79 Å². The van der Waals surface area contributed by atoms with Crippen molar-refractivity contribution in [3.63, 3.8) is 0 Å². The third-order valence-corrected chi connectivity index (χ3v) is 2.95. The van der Waals surface area contributed by atoms with Crippen LogP contribution >= 0.6 is 0 Å². The molecular weight excluding hydrogens is 250 g/mol. The fourth-order valence-corrected chi connectivity index (χ4v) is 1.79. The Morgan fingerprint density at radius 2 is 1.75 bits per heavy atom. The zero-order valence-corrected chi connectivity index (χ0v) is 11.2. The SMILES string of the molecule is CNC(=O)c1ccc(NCc2ccc(C#N)cc2)cc1. The Balaban J connectivity index is 1.96. The van der Waals surface area contributed by atoms with Crippen LogP contribution in [-0.2, 0) is 6.54 Å². The Hall–Kier alpha value is -2.80. The molecule has 0 atom stereocenters. The molecule has 0 aliphatic rings. The van der Waals surface area contributed by atoms with Gasteiger partial charge in [0.2, 0.25) is 0 Å². The van der Waals surface area contributed by atoms with E-state index in [0.29, 0.717) is 17.7 Å². The van der Waals surface area contributed by atoms with Crippen LogP contribution in [0.25, 0.3) is 0 Å². The van der Waals surface area contributed by atoms with Crippen LogP contribution in [0.2, 0.25) is 0 Å². The number of hydrogen-bond donors (Lipinski definition) is 2. The van der Waals surface area contributed by atoms with Gasteiger partial charge in [-0.2, -0.15) is 5.26 Å². The van der Waals surface area contributed by atoms with E-state index in [2.05, 4.69) is 16.7 Å². The standard InChI is InChI=1S/C16H15N3O/c1-18-16(20)14-6-8-15(9-7-14)19-11-13-4-2-12(10-17)3-5-13/h2-9,19H,11H2,1H3,(H,18,20). The Morgan fingerprint density at radius 1 is 1.10 bits per heavy atom. The van der Waals surface area contributed by atoms with Crippen molar-refractivity contribution in [1.82, 2.24) is 5.32 Å². The van der Waals surface area contributed by atoms with Crippen LogP contribution in [0.15, 0.2) is 48.5 Å². The minimum atomic E-state index is -0.0938. The number of amides is 1. The predicted octanol–water partition coefficient (Wildman–Crippen LogP) is 2.53. The number of rotatable bonds is 4. The zero-order chi connectivity index (χ0) is 14.4. The molecule has 0 heterocycles. The third-order valence-electron chi connectivity index (χ3n) is 2.95. The van der Waals surface area contributed by atoms with Crippen molar-refractivity contribution in [1.29, 1.82) is 5.26 Å². The second-order valence-electron chi connectivity index (χ2n) is 4.32. The molecule has 0 bridgehead atoms. The summed E-state index contributed by atoms with van der Waals surface area (Å²) in [4.78, 5) is 11.4. The molecule has 100 valence electrons. The highest BCUT2D eigenvalue weighted by molar-refractivity contribution is 5.94. The second kappa shape index (κ2) is 6.39. The molecule has 2 N–H and O–H groups in total. The second-order valence-corrected chi connectivity index (χ2v) is 4.32. The van der Waals surface area contributed by atoms with E-state index in [1.54, 1.807) is 31.3 Å². The van der Waals surface area contributed by atoms with Crippen LogP contribution in [0.1, 0.15) is 21.5 Å². The summed E-state index contributed by atoms with van der Waals surface area (Å²) in [5.74, 6) is -0.0938. The summed E-state index contributed by atoms with van der Waals surface area (Å²) >= 11 is 0. The first-order valence-electron chi connectivity index (χ1n) is 6.28. The number of anilines is 1. The molecular formula is C16H15N3O. The van der Waals surface area contributed by atoms with Gasteiger partial charge in [-0.1, -0.05) is 12.1 Å². The van der Waals surface area contributed by atoms with Crippen molar-refractivity contribution >= 4 is 11.6 Å². The average Bonchev–Trinajstić information content (AvgIpc) is 2.53. The normalized spacial score (nSPS) is 9.60. The lowest BCUT2D eigenvalue weighted by atomic mass is 10.1. The zero-order valence-electron chi connectivity index (χ0n) is 11.2. The maximum absolute atomic E-state index is 11.4. The monoisotopic (exact) mass is 265 g/mol. The number of nitriles is 1. The van der Waals surface area contributed by atoms with Gasteiger partial charge in [-0.05, 0) is 42.0 Å². The number of benzene rings is 2. The Bertz CT molecular complexity index is 624. The van der Waals surface area contributed by atoms with E-state index in [-0.39, 0.29) is 5.91 Å². The first-order valence-corrected chi connectivity index (χ1v) is 6.28. The average molecular weight is 265 g/mol. The van der Waals surface area contributed by atoms with E-state index in [0.717, 1.165) is 11.3 Å². The maximum Gasteiger partial charge on any atom is 0.251 e. The lowest BCUT2D eigenvalue weighted by Gasteiger charge is -2.07. The summed E-state index contributed by atoms with van der Waals surface area (Å²) in [6.07, 6.45) is 0. The molecule has 0 unspecified atom stereocenters. The summed E-state index contributed by atoms with van der Waals surface area (Å²) in [5.41, 5.74) is 3.33. The first kappa shape index (κ1) is 13.6. The number of carbonyl (C=O) groups excluding carboxylic acids is 1. The highest BCUT2D eigenvalue weighted by Crippen LogP contribution is 2.12. The lowest BCUT2D eigenvalue weighted by Crippen LogP contribution is -2.17. The van der Waals surface area contributed by atoms with Crippen LogP contribution in [0, 0.1) is 11.3 Å². The van der Waals surface area contributed by atoms with Gasteiger partial charge in [0.1, 0.15) is 0 Å². The molecule has 0 saturated carbocycles. The van der Waals surface area contributed by atoms with Gasteiger partial charge < -0.3 is 10.6 Å². The number of hydrogen-bond acceptors (Lipinski definition) is 3. The molecule has 0 aliphatic carbocycles. The van der Waals surface area contributed by atoms with Crippen LogP contribution < -0.4 is 10.6 Å². The van der Waals surface area contributed by atoms with Gasteiger partial charge in [-0.15, -0.1) is 0 Å². The van der Waals surface area contributed by atoms with E-state index in [1.165, 1.54) is 0 Å². The third kappa shape index (κ3) is 3.36. The maximum atomic E-state index is 11.4. The topological polar surface area (TPSA) is 64.9 Å². The van der Waals surface area contributed by atoms with Gasteiger partial charge >= 0.3 is 0 Å². The molecule has 4 heteroatoms. The van der Waals surface area contributed by atoms with Gasteiger partial charge in [-0.25, -0.2) is 0 Å². The van der Waals surface area contributed by atoms with Crippen LogP contribution in [0.3, 0.4) is 0 Å². The van der Waals surface area contributed by atoms with E-state index < -0.39 is 0 Å². The molecule has 0 spiro atoms. The van der Waals surface area contributed by atoms with Gasteiger partial charge in [0.05, 0.1) is 11.6 Å². The summed E-state index contributed by atoms with van der Waals surface area (Å²) in [5, 5.41) is 14.6. The van der Waals surface area contributed by atoms with Crippen LogP contribution in [0.5, 0.6) is 0 Å². The molecule has 2 rings (SSSR count). The summed E-state index contributed by atoms with van der Waals surface area (Å²) in [6, 6.07) is 16.8. The smallest absolute Gasteiger partial charge is 0.251 e. The first-order chi connectivity index (χ1) is 9.72.